The third-order valence-electron chi connectivity index (χ3n) is 3.21. The molecule has 0 unspecified atom stereocenters. The third kappa shape index (κ3) is 3.18. The fraction of sp³-hybridized carbons (Fsp3) is 0.188. The van der Waals surface area contributed by atoms with Crippen LogP contribution in [0.3, 0.4) is 0 Å². The molecule has 1 N–H and O–H groups in total. The number of hydrogen-bond acceptors (Lipinski definition) is 3. The topological polar surface area (TPSA) is 24.9 Å². The molecule has 4 heteroatoms. The van der Waals surface area contributed by atoms with Gasteiger partial charge >= 0.3 is 0 Å². The van der Waals surface area contributed by atoms with Gasteiger partial charge in [-0.1, -0.05) is 35.9 Å². The van der Waals surface area contributed by atoms with E-state index in [1.807, 2.05) is 23.7 Å². The standard InChI is InChI=1S/C16H15ClN2S/c17-14-9-15(20-11-14)10-18-8-6-13-4-1-3-12-5-2-7-19-16(12)13/h1-5,7,9,11,18H,6,8,10H2. The van der Waals surface area contributed by atoms with Gasteiger partial charge in [0.1, 0.15) is 0 Å². The number of hydrogen-bond donors (Lipinski definition) is 1. The minimum Gasteiger partial charge on any atom is -0.312 e. The van der Waals surface area contributed by atoms with Crippen molar-refractivity contribution in [2.45, 2.75) is 13.0 Å². The molecular weight excluding hydrogens is 288 g/mol. The summed E-state index contributed by atoms with van der Waals surface area (Å²) in [5, 5.41) is 7.45. The molecule has 20 heavy (non-hydrogen) atoms. The summed E-state index contributed by atoms with van der Waals surface area (Å²) in [5.41, 5.74) is 2.40. The number of thiophene rings is 1. The fourth-order valence-electron chi connectivity index (χ4n) is 2.25. The molecule has 3 rings (SSSR count). The van der Waals surface area contributed by atoms with Crippen molar-refractivity contribution in [1.82, 2.24) is 10.3 Å². The van der Waals surface area contributed by atoms with Crippen molar-refractivity contribution in [2.24, 2.45) is 0 Å². The van der Waals surface area contributed by atoms with E-state index < -0.39 is 0 Å². The Labute approximate surface area is 127 Å². The highest BCUT2D eigenvalue weighted by Crippen LogP contribution is 2.19. The number of pyridine rings is 1. The summed E-state index contributed by atoms with van der Waals surface area (Å²) in [4.78, 5) is 5.75. The zero-order valence-corrected chi connectivity index (χ0v) is 12.5. The maximum Gasteiger partial charge on any atom is 0.0734 e. The van der Waals surface area contributed by atoms with Crippen LogP contribution in [-0.4, -0.2) is 11.5 Å². The number of nitrogens with one attached hydrogen (secondary N) is 1. The predicted molar refractivity (Wildman–Crippen MR) is 86.5 cm³/mol. The van der Waals surface area contributed by atoms with Crippen molar-refractivity contribution in [1.29, 1.82) is 0 Å². The Balaban J connectivity index is 1.60. The second-order valence-corrected chi connectivity index (χ2v) is 6.08. The van der Waals surface area contributed by atoms with Crippen LogP contribution in [0.15, 0.2) is 48.0 Å². The molecule has 0 amide bonds. The van der Waals surface area contributed by atoms with Gasteiger partial charge < -0.3 is 5.32 Å². The number of halogens is 1. The second-order valence-electron chi connectivity index (χ2n) is 4.65. The minimum atomic E-state index is 0.824. The Morgan fingerprint density at radius 1 is 1.20 bits per heavy atom. The first-order valence-corrected chi connectivity index (χ1v) is 7.85. The second kappa shape index (κ2) is 6.35. The molecule has 0 radical (unpaired) electrons. The summed E-state index contributed by atoms with van der Waals surface area (Å²) >= 11 is 7.60. The molecule has 0 aliphatic rings. The summed E-state index contributed by atoms with van der Waals surface area (Å²) in [6.07, 6.45) is 2.83. The first-order chi connectivity index (χ1) is 9.83. The molecule has 102 valence electrons. The number of aromatic nitrogens is 1. The van der Waals surface area contributed by atoms with Crippen molar-refractivity contribution in [3.05, 3.63) is 63.4 Å². The van der Waals surface area contributed by atoms with E-state index in [0.717, 1.165) is 30.0 Å². The van der Waals surface area contributed by atoms with Crippen molar-refractivity contribution in [3.63, 3.8) is 0 Å². The van der Waals surface area contributed by atoms with Gasteiger partial charge in [-0.3, -0.25) is 4.98 Å². The zero-order chi connectivity index (χ0) is 13.8. The summed E-state index contributed by atoms with van der Waals surface area (Å²) in [5.74, 6) is 0. The van der Waals surface area contributed by atoms with Gasteiger partial charge in [0.25, 0.3) is 0 Å². The lowest BCUT2D eigenvalue weighted by Gasteiger charge is -2.06. The van der Waals surface area contributed by atoms with Crippen LogP contribution in [0.4, 0.5) is 0 Å². The quantitative estimate of drug-likeness (QED) is 0.712. The van der Waals surface area contributed by atoms with E-state index in [2.05, 4.69) is 34.6 Å². The number of rotatable bonds is 5. The predicted octanol–water partition coefficient (Wildman–Crippen LogP) is 4.28. The molecule has 0 atom stereocenters. The van der Waals surface area contributed by atoms with Crippen LogP contribution in [0, 0.1) is 0 Å². The van der Waals surface area contributed by atoms with E-state index >= 15 is 0 Å². The van der Waals surface area contributed by atoms with Crippen molar-refractivity contribution in [3.8, 4) is 0 Å². The van der Waals surface area contributed by atoms with Crippen LogP contribution in [0.25, 0.3) is 10.9 Å². The molecular formula is C16H15ClN2S. The summed E-state index contributed by atoms with van der Waals surface area (Å²) < 4.78 is 0. The van der Waals surface area contributed by atoms with E-state index in [0.29, 0.717) is 0 Å². The van der Waals surface area contributed by atoms with Crippen LogP contribution in [0.2, 0.25) is 5.02 Å². The summed E-state index contributed by atoms with van der Waals surface area (Å²) in [7, 11) is 0. The van der Waals surface area contributed by atoms with Gasteiger partial charge in [-0.05, 0) is 30.7 Å². The smallest absolute Gasteiger partial charge is 0.0734 e. The average molecular weight is 303 g/mol. The highest BCUT2D eigenvalue weighted by Gasteiger charge is 2.02. The van der Waals surface area contributed by atoms with E-state index in [1.165, 1.54) is 15.8 Å². The van der Waals surface area contributed by atoms with Crippen molar-refractivity contribution in [2.75, 3.05) is 6.54 Å². The third-order valence-corrected chi connectivity index (χ3v) is 4.49. The Morgan fingerprint density at radius 2 is 2.10 bits per heavy atom. The highest BCUT2D eigenvalue weighted by molar-refractivity contribution is 7.10. The first-order valence-electron chi connectivity index (χ1n) is 6.59. The molecule has 2 heterocycles. The SMILES string of the molecule is Clc1csc(CNCCc2cccc3cccnc23)c1. The summed E-state index contributed by atoms with van der Waals surface area (Å²) in [6, 6.07) is 12.4. The van der Waals surface area contributed by atoms with E-state index in [4.69, 9.17) is 11.6 Å². The van der Waals surface area contributed by atoms with Crippen LogP contribution in [0.5, 0.6) is 0 Å². The molecule has 3 aromatic rings. The van der Waals surface area contributed by atoms with Crippen LogP contribution >= 0.6 is 22.9 Å². The van der Waals surface area contributed by atoms with Gasteiger partial charge in [-0.2, -0.15) is 0 Å². The lowest BCUT2D eigenvalue weighted by molar-refractivity contribution is 0.695. The molecule has 1 aromatic carbocycles. The van der Waals surface area contributed by atoms with Gasteiger partial charge in [-0.15, -0.1) is 11.3 Å². The first kappa shape index (κ1) is 13.6. The molecule has 0 fully saturated rings. The van der Waals surface area contributed by atoms with E-state index in [-0.39, 0.29) is 0 Å². The van der Waals surface area contributed by atoms with Gasteiger partial charge in [0, 0.05) is 28.4 Å². The largest absolute Gasteiger partial charge is 0.312 e. The van der Waals surface area contributed by atoms with Crippen molar-refractivity contribution >= 4 is 33.8 Å². The molecule has 0 bridgehead atoms. The van der Waals surface area contributed by atoms with Crippen LogP contribution in [0.1, 0.15) is 10.4 Å². The Kier molecular flexibility index (Phi) is 4.31. The van der Waals surface area contributed by atoms with Gasteiger partial charge in [0.2, 0.25) is 0 Å². The van der Waals surface area contributed by atoms with Gasteiger partial charge in [0.05, 0.1) is 10.5 Å². The van der Waals surface area contributed by atoms with Gasteiger partial charge in [0.15, 0.2) is 0 Å². The lowest BCUT2D eigenvalue weighted by Crippen LogP contribution is -2.16. The van der Waals surface area contributed by atoms with Crippen molar-refractivity contribution < 1.29 is 0 Å². The Hall–Kier alpha value is -1.42. The fourth-order valence-corrected chi connectivity index (χ4v) is 3.29. The molecule has 0 saturated heterocycles. The maximum absolute atomic E-state index is 5.91. The monoisotopic (exact) mass is 302 g/mol. The maximum atomic E-state index is 5.91. The summed E-state index contributed by atoms with van der Waals surface area (Å²) in [6.45, 7) is 1.81. The van der Waals surface area contributed by atoms with Crippen LogP contribution < -0.4 is 5.32 Å². The number of benzene rings is 1. The average Bonchev–Trinajstić information content (AvgIpc) is 2.89. The molecule has 0 spiro atoms. The molecule has 2 aromatic heterocycles. The molecule has 0 aliphatic heterocycles. The van der Waals surface area contributed by atoms with Crippen LogP contribution in [-0.2, 0) is 13.0 Å². The zero-order valence-electron chi connectivity index (χ0n) is 11.0. The Morgan fingerprint density at radius 3 is 2.95 bits per heavy atom. The number of para-hydroxylation sites is 1. The highest BCUT2D eigenvalue weighted by atomic mass is 35.5. The number of fused-ring (bicyclic) bond motifs is 1. The normalized spacial score (nSPS) is 11.1. The molecule has 0 saturated carbocycles. The van der Waals surface area contributed by atoms with E-state index in [1.54, 1.807) is 11.3 Å². The Bertz CT molecular complexity index is 703. The lowest BCUT2D eigenvalue weighted by atomic mass is 10.1. The number of nitrogens with zero attached hydrogens (tertiary/aromatic N) is 1. The molecule has 0 aliphatic carbocycles. The van der Waals surface area contributed by atoms with E-state index in [9.17, 15) is 0 Å². The minimum absolute atomic E-state index is 0.824. The van der Waals surface area contributed by atoms with Gasteiger partial charge in [-0.25, -0.2) is 0 Å². The molecule has 2 nitrogen and oxygen atoms in total.